The molecular weight excluding hydrogens is 277 g/mol. The summed E-state index contributed by atoms with van der Waals surface area (Å²) in [4.78, 5) is 6.78. The fourth-order valence-electron chi connectivity index (χ4n) is 2.27. The van der Waals surface area contributed by atoms with Crippen LogP contribution >= 0.6 is 24.8 Å². The van der Waals surface area contributed by atoms with Gasteiger partial charge >= 0.3 is 0 Å². The molecule has 1 saturated heterocycles. The van der Waals surface area contributed by atoms with Crippen molar-refractivity contribution in [3.8, 4) is 0 Å². The molecule has 2 atom stereocenters. The second-order valence-electron chi connectivity index (χ2n) is 4.57. The minimum Gasteiger partial charge on any atom is -0.385 e. The number of nitrogens with zero attached hydrogens (tertiary/aromatic N) is 2. The van der Waals surface area contributed by atoms with Crippen LogP contribution in [-0.2, 0) is 4.74 Å². The normalized spacial score (nSPS) is 29.5. The second kappa shape index (κ2) is 8.93. The summed E-state index contributed by atoms with van der Waals surface area (Å²) in [5.41, 5.74) is 5.73. The SMILES string of the molecule is Cl.Cl.NC1=NC(CN2CCOCC2)CCCC1O. The van der Waals surface area contributed by atoms with Gasteiger partial charge in [0.2, 0.25) is 0 Å². The van der Waals surface area contributed by atoms with Crippen LogP contribution in [0.4, 0.5) is 0 Å². The summed E-state index contributed by atoms with van der Waals surface area (Å²) in [6.45, 7) is 4.53. The molecule has 18 heavy (non-hydrogen) atoms. The summed E-state index contributed by atoms with van der Waals surface area (Å²) in [5.74, 6) is 0.413. The molecule has 2 unspecified atom stereocenters. The van der Waals surface area contributed by atoms with Crippen LogP contribution in [0.2, 0.25) is 0 Å². The summed E-state index contributed by atoms with van der Waals surface area (Å²) in [7, 11) is 0. The van der Waals surface area contributed by atoms with Crippen LogP contribution in [0.1, 0.15) is 19.3 Å². The van der Waals surface area contributed by atoms with E-state index in [1.54, 1.807) is 0 Å². The highest BCUT2D eigenvalue weighted by Gasteiger charge is 2.21. The van der Waals surface area contributed by atoms with Gasteiger partial charge in [-0.1, -0.05) is 0 Å². The number of amidine groups is 1. The maximum Gasteiger partial charge on any atom is 0.123 e. The predicted octanol–water partition coefficient (Wildman–Crippen LogP) is 0.433. The van der Waals surface area contributed by atoms with Gasteiger partial charge in [-0.05, 0) is 19.3 Å². The Balaban J connectivity index is 0.00000144. The molecule has 3 N–H and O–H groups in total. The van der Waals surface area contributed by atoms with E-state index in [1.807, 2.05) is 0 Å². The van der Waals surface area contributed by atoms with Gasteiger partial charge in [0, 0.05) is 19.6 Å². The van der Waals surface area contributed by atoms with Crippen LogP contribution in [0.25, 0.3) is 0 Å². The van der Waals surface area contributed by atoms with Crippen molar-refractivity contribution in [2.75, 3.05) is 32.8 Å². The van der Waals surface area contributed by atoms with Crippen molar-refractivity contribution in [1.82, 2.24) is 4.90 Å². The van der Waals surface area contributed by atoms with Crippen LogP contribution < -0.4 is 5.73 Å². The average Bonchev–Trinajstić information content (AvgIpc) is 2.43. The molecular formula is C11H23Cl2N3O2. The maximum atomic E-state index is 9.59. The zero-order valence-corrected chi connectivity index (χ0v) is 12.1. The highest BCUT2D eigenvalue weighted by molar-refractivity contribution is 5.85. The Morgan fingerprint density at radius 2 is 1.94 bits per heavy atom. The number of hydrogen-bond donors (Lipinski definition) is 2. The second-order valence-corrected chi connectivity index (χ2v) is 4.57. The number of ether oxygens (including phenoxy) is 1. The summed E-state index contributed by atoms with van der Waals surface area (Å²) in [6, 6.07) is 0.246. The van der Waals surface area contributed by atoms with E-state index in [0.717, 1.165) is 52.1 Å². The number of aliphatic imine (C=N–C) groups is 1. The van der Waals surface area contributed by atoms with Crippen molar-refractivity contribution in [2.24, 2.45) is 10.7 Å². The van der Waals surface area contributed by atoms with Crippen molar-refractivity contribution >= 4 is 30.6 Å². The lowest BCUT2D eigenvalue weighted by Gasteiger charge is -2.28. The lowest BCUT2D eigenvalue weighted by atomic mass is 10.1. The molecule has 0 radical (unpaired) electrons. The number of hydrogen-bond acceptors (Lipinski definition) is 5. The third-order valence-corrected chi connectivity index (χ3v) is 3.26. The Morgan fingerprint density at radius 3 is 2.61 bits per heavy atom. The number of rotatable bonds is 2. The monoisotopic (exact) mass is 299 g/mol. The van der Waals surface area contributed by atoms with Gasteiger partial charge < -0.3 is 15.6 Å². The topological polar surface area (TPSA) is 71.1 Å². The molecule has 0 amide bonds. The molecule has 2 aliphatic heterocycles. The fraction of sp³-hybridized carbons (Fsp3) is 0.909. The van der Waals surface area contributed by atoms with Gasteiger partial charge in [-0.2, -0.15) is 0 Å². The molecule has 2 aliphatic rings. The first-order valence-corrected chi connectivity index (χ1v) is 6.07. The standard InChI is InChI=1S/C11H21N3O2.2ClH/c12-11-10(15)3-1-2-9(13-11)8-14-4-6-16-7-5-14;;/h9-10,15H,1-8H2,(H2,12,13);2*1H. The molecule has 1 fully saturated rings. The molecule has 108 valence electrons. The zero-order chi connectivity index (χ0) is 11.4. The third-order valence-electron chi connectivity index (χ3n) is 3.26. The Morgan fingerprint density at radius 1 is 1.28 bits per heavy atom. The number of aliphatic hydroxyl groups is 1. The first-order chi connectivity index (χ1) is 7.75. The molecule has 0 aromatic carbocycles. The Bertz CT molecular complexity index is 261. The highest BCUT2D eigenvalue weighted by atomic mass is 35.5. The van der Waals surface area contributed by atoms with E-state index in [-0.39, 0.29) is 30.9 Å². The van der Waals surface area contributed by atoms with Gasteiger partial charge in [-0.3, -0.25) is 9.89 Å². The van der Waals surface area contributed by atoms with Crippen LogP contribution in [0.3, 0.4) is 0 Å². The molecule has 0 aromatic rings. The molecule has 0 aromatic heterocycles. The van der Waals surface area contributed by atoms with Crippen molar-refractivity contribution in [1.29, 1.82) is 0 Å². The van der Waals surface area contributed by atoms with E-state index >= 15 is 0 Å². The van der Waals surface area contributed by atoms with E-state index in [0.29, 0.717) is 5.84 Å². The zero-order valence-electron chi connectivity index (χ0n) is 10.5. The lowest BCUT2D eigenvalue weighted by Crippen LogP contribution is -2.41. The van der Waals surface area contributed by atoms with Gasteiger partial charge in [-0.25, -0.2) is 0 Å². The Labute approximate surface area is 121 Å². The Kier molecular flexibility index (Phi) is 8.90. The van der Waals surface area contributed by atoms with E-state index in [4.69, 9.17) is 10.5 Å². The van der Waals surface area contributed by atoms with Crippen LogP contribution in [0, 0.1) is 0 Å². The predicted molar refractivity (Wildman–Crippen MR) is 77.0 cm³/mol. The highest BCUT2D eigenvalue weighted by Crippen LogP contribution is 2.14. The molecule has 0 bridgehead atoms. The van der Waals surface area contributed by atoms with Crippen molar-refractivity contribution in [3.05, 3.63) is 0 Å². The summed E-state index contributed by atoms with van der Waals surface area (Å²) >= 11 is 0. The third kappa shape index (κ3) is 5.28. The molecule has 2 rings (SSSR count). The average molecular weight is 300 g/mol. The summed E-state index contributed by atoms with van der Waals surface area (Å²) in [6.07, 6.45) is 2.24. The van der Waals surface area contributed by atoms with Gasteiger partial charge in [0.15, 0.2) is 0 Å². The van der Waals surface area contributed by atoms with Crippen molar-refractivity contribution < 1.29 is 9.84 Å². The lowest BCUT2D eigenvalue weighted by molar-refractivity contribution is 0.0351. The van der Waals surface area contributed by atoms with Crippen LogP contribution in [0.5, 0.6) is 0 Å². The number of nitrogens with two attached hydrogens (primary N) is 1. The van der Waals surface area contributed by atoms with Gasteiger partial charge in [0.1, 0.15) is 11.9 Å². The first-order valence-electron chi connectivity index (χ1n) is 6.07. The van der Waals surface area contributed by atoms with Gasteiger partial charge in [0.25, 0.3) is 0 Å². The Hall–Kier alpha value is -0.0700. The molecule has 7 heteroatoms. The molecule has 5 nitrogen and oxygen atoms in total. The van der Waals surface area contributed by atoms with E-state index < -0.39 is 6.10 Å². The number of aliphatic hydroxyl groups excluding tert-OH is 1. The van der Waals surface area contributed by atoms with E-state index in [9.17, 15) is 5.11 Å². The van der Waals surface area contributed by atoms with Crippen molar-refractivity contribution in [3.63, 3.8) is 0 Å². The molecule has 2 heterocycles. The summed E-state index contributed by atoms with van der Waals surface area (Å²) in [5, 5.41) is 9.59. The molecule has 0 spiro atoms. The van der Waals surface area contributed by atoms with Crippen LogP contribution in [-0.4, -0.2) is 60.8 Å². The fourth-order valence-corrected chi connectivity index (χ4v) is 2.27. The minimum atomic E-state index is -0.533. The van der Waals surface area contributed by atoms with Gasteiger partial charge in [-0.15, -0.1) is 24.8 Å². The summed E-state index contributed by atoms with van der Waals surface area (Å²) < 4.78 is 5.31. The van der Waals surface area contributed by atoms with Gasteiger partial charge in [0.05, 0.1) is 19.3 Å². The molecule has 0 saturated carbocycles. The van der Waals surface area contributed by atoms with E-state index in [2.05, 4.69) is 9.89 Å². The smallest absolute Gasteiger partial charge is 0.123 e. The number of halogens is 2. The van der Waals surface area contributed by atoms with Crippen LogP contribution in [0.15, 0.2) is 4.99 Å². The maximum absolute atomic E-state index is 9.59. The number of morpholine rings is 1. The van der Waals surface area contributed by atoms with E-state index in [1.165, 1.54) is 0 Å². The first kappa shape index (κ1) is 17.9. The minimum absolute atomic E-state index is 0. The molecule has 0 aliphatic carbocycles. The quantitative estimate of drug-likeness (QED) is 0.776. The van der Waals surface area contributed by atoms with Crippen molar-refractivity contribution in [2.45, 2.75) is 31.4 Å². The largest absolute Gasteiger partial charge is 0.385 e.